The Morgan fingerprint density at radius 3 is 2.33 bits per heavy atom. The topological polar surface area (TPSA) is 33.5 Å². The zero-order chi connectivity index (χ0) is 11.1. The minimum atomic E-state index is 0.237. The average molecular weight is 213 g/mol. The fraction of sp³-hybridized carbons (Fsp3) is 0.917. The highest BCUT2D eigenvalue weighted by molar-refractivity contribution is 5.77. The molecule has 0 radical (unpaired) electrons. The van der Waals surface area contributed by atoms with Crippen molar-refractivity contribution in [3.05, 3.63) is 0 Å². The first-order valence-electron chi connectivity index (χ1n) is 6.39. The molecule has 1 rings (SSSR count). The van der Waals surface area contributed by atoms with Crippen molar-refractivity contribution in [2.24, 2.45) is 0 Å². The standard InChI is InChI=1S/C12H24N2O/c1-3-14(4-2)10-12(15)13-11-8-6-5-7-9-11/h11H,3-10H2,1-2H3,(H,13,15)/p+1. The van der Waals surface area contributed by atoms with Gasteiger partial charge in [0.25, 0.3) is 5.91 Å². The maximum Gasteiger partial charge on any atom is 0.275 e. The summed E-state index contributed by atoms with van der Waals surface area (Å²) in [5.41, 5.74) is 0. The molecule has 0 saturated heterocycles. The predicted molar refractivity (Wildman–Crippen MR) is 61.9 cm³/mol. The van der Waals surface area contributed by atoms with E-state index >= 15 is 0 Å². The van der Waals surface area contributed by atoms with Crippen molar-refractivity contribution in [1.29, 1.82) is 0 Å². The van der Waals surface area contributed by atoms with Crippen molar-refractivity contribution >= 4 is 5.91 Å². The first kappa shape index (κ1) is 12.5. The van der Waals surface area contributed by atoms with E-state index in [2.05, 4.69) is 19.2 Å². The molecular formula is C12H25N2O+. The van der Waals surface area contributed by atoms with Gasteiger partial charge < -0.3 is 10.2 Å². The Morgan fingerprint density at radius 1 is 1.20 bits per heavy atom. The fourth-order valence-electron chi connectivity index (χ4n) is 2.25. The predicted octanol–water partition coefficient (Wildman–Crippen LogP) is 0.360. The minimum absolute atomic E-state index is 0.237. The van der Waals surface area contributed by atoms with Gasteiger partial charge >= 0.3 is 0 Å². The molecule has 3 nitrogen and oxygen atoms in total. The van der Waals surface area contributed by atoms with Gasteiger partial charge in [0.05, 0.1) is 13.1 Å². The summed E-state index contributed by atoms with van der Waals surface area (Å²) < 4.78 is 0. The largest absolute Gasteiger partial charge is 0.348 e. The number of nitrogens with one attached hydrogen (secondary N) is 2. The second-order valence-corrected chi connectivity index (χ2v) is 4.54. The molecule has 0 bridgehead atoms. The van der Waals surface area contributed by atoms with Crippen LogP contribution in [0.25, 0.3) is 0 Å². The molecule has 15 heavy (non-hydrogen) atoms. The molecule has 1 saturated carbocycles. The number of rotatable bonds is 5. The molecular weight excluding hydrogens is 188 g/mol. The van der Waals surface area contributed by atoms with Crippen molar-refractivity contribution in [1.82, 2.24) is 5.32 Å². The Kier molecular flexibility index (Phi) is 5.69. The highest BCUT2D eigenvalue weighted by Crippen LogP contribution is 2.16. The SMILES string of the molecule is CC[NH+](CC)CC(=O)NC1CCCCC1. The summed E-state index contributed by atoms with van der Waals surface area (Å²) in [6.07, 6.45) is 6.26. The van der Waals surface area contributed by atoms with Crippen LogP contribution >= 0.6 is 0 Å². The Bertz CT molecular complexity index is 184. The second-order valence-electron chi connectivity index (χ2n) is 4.54. The monoisotopic (exact) mass is 213 g/mol. The van der Waals surface area contributed by atoms with Crippen molar-refractivity contribution in [2.45, 2.75) is 52.0 Å². The van der Waals surface area contributed by atoms with Gasteiger partial charge in [-0.05, 0) is 26.7 Å². The molecule has 0 aliphatic heterocycles. The number of carbonyl (C=O) groups excluding carboxylic acids is 1. The lowest BCUT2D eigenvalue weighted by Gasteiger charge is -2.23. The van der Waals surface area contributed by atoms with Crippen LogP contribution in [0.5, 0.6) is 0 Å². The summed E-state index contributed by atoms with van der Waals surface area (Å²) in [4.78, 5) is 13.1. The molecule has 1 amide bonds. The van der Waals surface area contributed by atoms with Gasteiger partial charge in [-0.25, -0.2) is 0 Å². The van der Waals surface area contributed by atoms with Crippen LogP contribution in [0.15, 0.2) is 0 Å². The number of quaternary nitrogens is 1. The fourth-order valence-corrected chi connectivity index (χ4v) is 2.25. The molecule has 0 aromatic carbocycles. The van der Waals surface area contributed by atoms with Crippen LogP contribution in [0, 0.1) is 0 Å². The summed E-state index contributed by atoms with van der Waals surface area (Å²) in [7, 11) is 0. The van der Waals surface area contributed by atoms with Gasteiger partial charge in [0, 0.05) is 6.04 Å². The molecule has 0 aromatic heterocycles. The van der Waals surface area contributed by atoms with Crippen LogP contribution in [0.4, 0.5) is 0 Å². The third-order valence-electron chi connectivity index (χ3n) is 3.38. The molecule has 1 aliphatic rings. The Labute approximate surface area is 93.2 Å². The van der Waals surface area contributed by atoms with Gasteiger partial charge in [-0.2, -0.15) is 0 Å². The molecule has 2 N–H and O–H groups in total. The molecule has 88 valence electrons. The molecule has 1 fully saturated rings. The van der Waals surface area contributed by atoms with E-state index in [4.69, 9.17) is 0 Å². The quantitative estimate of drug-likeness (QED) is 0.679. The van der Waals surface area contributed by atoms with Crippen molar-refractivity contribution in [3.63, 3.8) is 0 Å². The van der Waals surface area contributed by atoms with Gasteiger partial charge in [-0.1, -0.05) is 19.3 Å². The summed E-state index contributed by atoms with van der Waals surface area (Å²) in [5.74, 6) is 0.237. The maximum atomic E-state index is 11.7. The Morgan fingerprint density at radius 2 is 1.80 bits per heavy atom. The summed E-state index contributed by atoms with van der Waals surface area (Å²) in [6, 6.07) is 0.459. The minimum Gasteiger partial charge on any atom is -0.348 e. The summed E-state index contributed by atoms with van der Waals surface area (Å²) in [5, 5.41) is 3.16. The van der Waals surface area contributed by atoms with E-state index in [1.807, 2.05) is 0 Å². The van der Waals surface area contributed by atoms with Crippen molar-refractivity contribution < 1.29 is 9.69 Å². The third kappa shape index (κ3) is 4.65. The smallest absolute Gasteiger partial charge is 0.275 e. The molecule has 1 aliphatic carbocycles. The molecule has 0 spiro atoms. The third-order valence-corrected chi connectivity index (χ3v) is 3.38. The number of hydrogen-bond acceptors (Lipinski definition) is 1. The molecule has 0 atom stereocenters. The average Bonchev–Trinajstić information content (AvgIpc) is 2.27. The van der Waals surface area contributed by atoms with Gasteiger partial charge in [0.2, 0.25) is 0 Å². The van der Waals surface area contributed by atoms with Crippen LogP contribution in [0.3, 0.4) is 0 Å². The number of hydrogen-bond donors (Lipinski definition) is 2. The normalized spacial score (nSPS) is 18.1. The van der Waals surface area contributed by atoms with Crippen LogP contribution in [-0.4, -0.2) is 31.6 Å². The van der Waals surface area contributed by atoms with E-state index in [0.29, 0.717) is 12.6 Å². The van der Waals surface area contributed by atoms with Crippen LogP contribution in [0.1, 0.15) is 46.0 Å². The van der Waals surface area contributed by atoms with Gasteiger partial charge in [0.15, 0.2) is 6.54 Å². The van der Waals surface area contributed by atoms with Crippen molar-refractivity contribution in [3.8, 4) is 0 Å². The Balaban J connectivity index is 2.21. The highest BCUT2D eigenvalue weighted by Gasteiger charge is 2.17. The van der Waals surface area contributed by atoms with E-state index in [-0.39, 0.29) is 5.91 Å². The van der Waals surface area contributed by atoms with E-state index < -0.39 is 0 Å². The van der Waals surface area contributed by atoms with E-state index in [1.54, 1.807) is 0 Å². The van der Waals surface area contributed by atoms with E-state index in [1.165, 1.54) is 37.0 Å². The van der Waals surface area contributed by atoms with E-state index in [9.17, 15) is 4.79 Å². The molecule has 0 heterocycles. The van der Waals surface area contributed by atoms with Crippen molar-refractivity contribution in [2.75, 3.05) is 19.6 Å². The molecule has 0 unspecified atom stereocenters. The van der Waals surface area contributed by atoms with Crippen LogP contribution < -0.4 is 10.2 Å². The first-order valence-corrected chi connectivity index (χ1v) is 6.39. The highest BCUT2D eigenvalue weighted by atomic mass is 16.2. The maximum absolute atomic E-state index is 11.7. The number of amides is 1. The second kappa shape index (κ2) is 6.83. The van der Waals surface area contributed by atoms with Gasteiger partial charge in [0.1, 0.15) is 0 Å². The van der Waals surface area contributed by atoms with Crippen LogP contribution in [-0.2, 0) is 4.79 Å². The molecule has 0 aromatic rings. The van der Waals surface area contributed by atoms with E-state index in [0.717, 1.165) is 13.1 Å². The lowest BCUT2D eigenvalue weighted by molar-refractivity contribution is -0.888. The molecule has 3 heteroatoms. The summed E-state index contributed by atoms with van der Waals surface area (Å²) >= 11 is 0. The first-order chi connectivity index (χ1) is 7.26. The number of likely N-dealkylation sites (N-methyl/N-ethyl adjacent to an activating group) is 1. The van der Waals surface area contributed by atoms with Crippen LogP contribution in [0.2, 0.25) is 0 Å². The summed E-state index contributed by atoms with van der Waals surface area (Å²) in [6.45, 7) is 6.98. The zero-order valence-corrected chi connectivity index (χ0v) is 10.1. The van der Waals surface area contributed by atoms with Gasteiger partial charge in [-0.15, -0.1) is 0 Å². The zero-order valence-electron chi connectivity index (χ0n) is 10.1. The number of carbonyl (C=O) groups is 1. The lowest BCUT2D eigenvalue weighted by Crippen LogP contribution is -3.12. The van der Waals surface area contributed by atoms with Gasteiger partial charge in [-0.3, -0.25) is 4.79 Å². The Hall–Kier alpha value is -0.570. The lowest BCUT2D eigenvalue weighted by atomic mass is 9.95.